The Balaban J connectivity index is 3.09. The maximum Gasteiger partial charge on any atom is 0.346 e. The van der Waals surface area contributed by atoms with Gasteiger partial charge in [0.25, 0.3) is 0 Å². The average Bonchev–Trinajstić information content (AvgIpc) is 2.03. The van der Waals surface area contributed by atoms with E-state index in [4.69, 9.17) is 5.73 Å². The third-order valence-electron chi connectivity index (χ3n) is 1.44. The van der Waals surface area contributed by atoms with Crippen LogP contribution in [0.3, 0.4) is 0 Å². The number of nitrogen functional groups attached to an aromatic ring is 1. The molecule has 1 amide bonds. The highest BCUT2D eigenvalue weighted by molar-refractivity contribution is 5.91. The van der Waals surface area contributed by atoms with Crippen molar-refractivity contribution >= 4 is 11.7 Å². The van der Waals surface area contributed by atoms with E-state index in [0.29, 0.717) is 0 Å². The first-order valence-electron chi connectivity index (χ1n) is 3.38. The minimum atomic E-state index is -0.639. The standard InChI is InChI=1S/C7H9N3O2/c1-4-2-3-5(6(8)9-4)7(11)10-12/h2-3H,10H2,1H3,(H2,8,9). The molecule has 5 nitrogen and oxygen atoms in total. The zero-order chi connectivity index (χ0) is 9.14. The van der Waals surface area contributed by atoms with Crippen LogP contribution in [0.15, 0.2) is 12.1 Å². The lowest BCUT2D eigenvalue weighted by Gasteiger charge is -2.03. The Hall–Kier alpha value is -1.46. The molecule has 12 heavy (non-hydrogen) atoms. The van der Waals surface area contributed by atoms with Crippen LogP contribution in [0, 0.1) is 12.1 Å². The Kier molecular flexibility index (Phi) is 2.37. The Labute approximate surface area is 69.2 Å². The molecule has 5 heteroatoms. The van der Waals surface area contributed by atoms with Crippen LogP contribution >= 0.6 is 0 Å². The molecule has 1 heterocycles. The number of primary amides is 1. The minimum absolute atomic E-state index is 0.104. The van der Waals surface area contributed by atoms with Gasteiger partial charge in [0, 0.05) is 5.69 Å². The van der Waals surface area contributed by atoms with Crippen LogP contribution in [0.2, 0.25) is 0 Å². The molecule has 0 aliphatic heterocycles. The lowest BCUT2D eigenvalue weighted by atomic mass is 10.2. The van der Waals surface area contributed by atoms with Gasteiger partial charge < -0.3 is 16.4 Å². The van der Waals surface area contributed by atoms with Crippen molar-refractivity contribution in [3.8, 4) is 0 Å². The number of carbonyl (C=O) groups excluding carboxylic acids is 1. The number of amides is 1. The molecule has 64 valence electrons. The second-order valence-corrected chi connectivity index (χ2v) is 2.37. The normalized spacial score (nSPS) is 9.83. The van der Waals surface area contributed by atoms with Gasteiger partial charge >= 0.3 is 5.91 Å². The summed E-state index contributed by atoms with van der Waals surface area (Å²) in [4.78, 5) is 14.7. The summed E-state index contributed by atoms with van der Waals surface area (Å²) in [6.45, 7) is 1.76. The lowest BCUT2D eigenvalue weighted by Crippen LogP contribution is -2.81. The molecule has 0 unspecified atom stereocenters. The molecule has 1 aromatic heterocycles. The molecule has 0 aliphatic carbocycles. The van der Waals surface area contributed by atoms with Crippen LogP contribution in [0.5, 0.6) is 0 Å². The van der Waals surface area contributed by atoms with Crippen LogP contribution in [-0.4, -0.2) is 10.9 Å². The van der Waals surface area contributed by atoms with Gasteiger partial charge in [-0.15, -0.1) is 0 Å². The predicted octanol–water partition coefficient (Wildman–Crippen LogP) is -0.826. The number of hydroxylamine groups is 1. The molecule has 0 atom stereocenters. The van der Waals surface area contributed by atoms with Gasteiger partial charge in [0.1, 0.15) is 11.4 Å². The van der Waals surface area contributed by atoms with Gasteiger partial charge in [0.15, 0.2) is 0 Å². The van der Waals surface area contributed by atoms with Gasteiger partial charge in [-0.3, -0.25) is 0 Å². The van der Waals surface area contributed by atoms with E-state index in [1.807, 2.05) is 0 Å². The number of aryl methyl sites for hydroxylation is 1. The number of rotatable bonds is 1. The average molecular weight is 167 g/mol. The molecule has 0 spiro atoms. The Bertz CT molecular complexity index is 312. The molecular weight excluding hydrogens is 158 g/mol. The first-order chi connectivity index (χ1) is 5.65. The minimum Gasteiger partial charge on any atom is -0.628 e. The fraction of sp³-hybridized carbons (Fsp3) is 0.143. The summed E-state index contributed by atoms with van der Waals surface area (Å²) >= 11 is 0. The van der Waals surface area contributed by atoms with Crippen molar-refractivity contribution in [2.75, 3.05) is 5.73 Å². The van der Waals surface area contributed by atoms with E-state index in [1.54, 1.807) is 13.0 Å². The van der Waals surface area contributed by atoms with Crippen molar-refractivity contribution in [2.45, 2.75) is 6.92 Å². The van der Waals surface area contributed by atoms with E-state index in [-0.39, 0.29) is 16.9 Å². The maximum atomic E-state index is 10.9. The number of hydrogen-bond donors (Lipinski definition) is 2. The molecular formula is C7H9N3O2. The predicted molar refractivity (Wildman–Crippen MR) is 43.0 cm³/mol. The Morgan fingerprint density at radius 1 is 1.67 bits per heavy atom. The zero-order valence-electron chi connectivity index (χ0n) is 6.57. The van der Waals surface area contributed by atoms with Crippen molar-refractivity contribution in [3.63, 3.8) is 0 Å². The van der Waals surface area contributed by atoms with Gasteiger partial charge in [-0.1, -0.05) is 0 Å². The van der Waals surface area contributed by atoms with E-state index < -0.39 is 5.91 Å². The number of pyridine rings is 1. The van der Waals surface area contributed by atoms with Crippen LogP contribution in [0.4, 0.5) is 5.82 Å². The number of quaternary nitrogens is 1. The van der Waals surface area contributed by atoms with Crippen molar-refractivity contribution in [1.29, 1.82) is 0 Å². The van der Waals surface area contributed by atoms with Gasteiger partial charge in [0.2, 0.25) is 0 Å². The van der Waals surface area contributed by atoms with Crippen LogP contribution < -0.4 is 11.2 Å². The highest BCUT2D eigenvalue weighted by Crippen LogP contribution is 2.07. The number of aromatic nitrogens is 1. The summed E-state index contributed by atoms with van der Waals surface area (Å²) < 4.78 is 0. The third kappa shape index (κ3) is 1.58. The number of carbonyl (C=O) groups is 1. The van der Waals surface area contributed by atoms with Gasteiger partial charge in [-0.25, -0.2) is 9.78 Å². The summed E-state index contributed by atoms with van der Waals surface area (Å²) in [6.07, 6.45) is 0. The second kappa shape index (κ2) is 3.29. The van der Waals surface area contributed by atoms with Crippen LogP contribution in [0.25, 0.3) is 0 Å². The molecule has 0 fully saturated rings. The summed E-state index contributed by atoms with van der Waals surface area (Å²) in [5, 5.41) is 10.1. The molecule has 0 saturated heterocycles. The molecule has 1 rings (SSSR count). The highest BCUT2D eigenvalue weighted by Gasteiger charge is 2.10. The van der Waals surface area contributed by atoms with Crippen LogP contribution in [0.1, 0.15) is 16.1 Å². The number of hydrogen-bond acceptors (Lipinski definition) is 4. The van der Waals surface area contributed by atoms with Gasteiger partial charge in [-0.2, -0.15) is 0 Å². The molecule has 0 aromatic carbocycles. The Morgan fingerprint density at radius 3 is 2.83 bits per heavy atom. The van der Waals surface area contributed by atoms with E-state index in [0.717, 1.165) is 5.69 Å². The highest BCUT2D eigenvalue weighted by atomic mass is 16.5. The zero-order valence-corrected chi connectivity index (χ0v) is 6.57. The quantitative estimate of drug-likeness (QED) is 0.534. The molecule has 1 aromatic rings. The smallest absolute Gasteiger partial charge is 0.346 e. The van der Waals surface area contributed by atoms with Crippen molar-refractivity contribution in [1.82, 2.24) is 4.98 Å². The van der Waals surface area contributed by atoms with E-state index in [2.05, 4.69) is 4.98 Å². The van der Waals surface area contributed by atoms with Crippen molar-refractivity contribution in [2.24, 2.45) is 0 Å². The number of nitrogens with two attached hydrogens (primary N) is 2. The summed E-state index contributed by atoms with van der Waals surface area (Å²) in [6, 6.07) is 3.13. The van der Waals surface area contributed by atoms with Gasteiger partial charge in [0.05, 0.1) is 0 Å². The molecule has 4 N–H and O–H groups in total. The molecule has 0 radical (unpaired) electrons. The second-order valence-electron chi connectivity index (χ2n) is 2.37. The van der Waals surface area contributed by atoms with Gasteiger partial charge in [-0.05, 0) is 19.1 Å². The summed E-state index contributed by atoms with van der Waals surface area (Å²) in [5.41, 5.74) is 6.51. The largest absolute Gasteiger partial charge is 0.628 e. The molecule has 0 bridgehead atoms. The Morgan fingerprint density at radius 2 is 2.33 bits per heavy atom. The van der Waals surface area contributed by atoms with E-state index >= 15 is 0 Å². The number of anilines is 1. The first-order valence-corrected chi connectivity index (χ1v) is 3.38. The monoisotopic (exact) mass is 167 g/mol. The van der Waals surface area contributed by atoms with Crippen molar-refractivity contribution < 1.29 is 10.3 Å². The summed E-state index contributed by atoms with van der Waals surface area (Å²) in [5.74, 6) is -0.535. The maximum absolute atomic E-state index is 10.9. The topological polar surface area (TPSA) is 95.6 Å². The van der Waals surface area contributed by atoms with Crippen molar-refractivity contribution in [3.05, 3.63) is 28.6 Å². The lowest BCUT2D eigenvalue weighted by molar-refractivity contribution is -0.481. The fourth-order valence-electron chi connectivity index (χ4n) is 0.849. The molecule has 0 aliphatic rings. The third-order valence-corrected chi connectivity index (χ3v) is 1.44. The fourth-order valence-corrected chi connectivity index (χ4v) is 0.849. The van der Waals surface area contributed by atoms with E-state index in [9.17, 15) is 10.0 Å². The first kappa shape index (κ1) is 8.63. The SMILES string of the molecule is Cc1ccc(C(=O)[NH2+][O-])c(N)n1. The van der Waals surface area contributed by atoms with E-state index in [1.165, 1.54) is 6.07 Å². The summed E-state index contributed by atoms with van der Waals surface area (Å²) in [7, 11) is 0. The number of nitrogens with zero attached hydrogens (tertiary/aromatic N) is 1. The molecule has 0 saturated carbocycles. The van der Waals surface area contributed by atoms with Crippen LogP contribution in [-0.2, 0) is 0 Å².